The van der Waals surface area contributed by atoms with Crippen molar-refractivity contribution >= 4 is 0 Å². The van der Waals surface area contributed by atoms with Gasteiger partial charge in [-0.1, -0.05) is 20.3 Å². The topological polar surface area (TPSA) is 27.3 Å². The average molecular weight is 157 g/mol. The molecular formula is C8H19N3. The molecular weight excluding hydrogens is 138 g/mol. The lowest BCUT2D eigenvalue weighted by atomic mass is 10.2. The Morgan fingerprint density at radius 1 is 1.36 bits per heavy atom. The monoisotopic (exact) mass is 157 g/mol. The first-order chi connectivity index (χ1) is 5.36. The molecule has 0 aromatic rings. The van der Waals surface area contributed by atoms with Gasteiger partial charge in [-0.05, 0) is 12.8 Å². The van der Waals surface area contributed by atoms with Gasteiger partial charge in [0.25, 0.3) is 0 Å². The fraction of sp³-hybridized carbons (Fsp3) is 1.00. The van der Waals surface area contributed by atoms with Crippen LogP contribution in [0.3, 0.4) is 0 Å². The minimum atomic E-state index is 0.659. The van der Waals surface area contributed by atoms with Gasteiger partial charge in [-0.25, -0.2) is 10.4 Å². The fourth-order valence-corrected chi connectivity index (χ4v) is 1.47. The van der Waals surface area contributed by atoms with Gasteiger partial charge in [0, 0.05) is 19.1 Å². The fourth-order valence-electron chi connectivity index (χ4n) is 1.47. The minimum absolute atomic E-state index is 0.659. The first kappa shape index (κ1) is 8.97. The second kappa shape index (κ2) is 4.70. The number of hydrazine groups is 2. The molecule has 0 aromatic heterocycles. The number of hydrogen-bond acceptors (Lipinski definition) is 3. The van der Waals surface area contributed by atoms with Gasteiger partial charge in [-0.15, -0.1) is 0 Å². The molecule has 0 saturated carbocycles. The molecule has 1 atom stereocenters. The molecule has 1 rings (SSSR count). The van der Waals surface area contributed by atoms with E-state index in [4.69, 9.17) is 0 Å². The highest BCUT2D eigenvalue weighted by Crippen LogP contribution is 2.03. The molecule has 0 bridgehead atoms. The minimum Gasteiger partial charge on any atom is -0.240 e. The summed E-state index contributed by atoms with van der Waals surface area (Å²) in [5.41, 5.74) is 6.44. The third kappa shape index (κ3) is 2.77. The Morgan fingerprint density at radius 2 is 2.18 bits per heavy atom. The molecule has 11 heavy (non-hydrogen) atoms. The summed E-state index contributed by atoms with van der Waals surface area (Å²) in [6.45, 7) is 6.73. The van der Waals surface area contributed by atoms with Gasteiger partial charge in [0.1, 0.15) is 0 Å². The molecule has 1 aliphatic rings. The maximum atomic E-state index is 3.27. The Balaban J connectivity index is 2.12. The van der Waals surface area contributed by atoms with E-state index in [-0.39, 0.29) is 0 Å². The Labute approximate surface area is 69.1 Å². The maximum Gasteiger partial charge on any atom is 0.0367 e. The second-order valence-corrected chi connectivity index (χ2v) is 3.19. The Morgan fingerprint density at radius 3 is 2.82 bits per heavy atom. The van der Waals surface area contributed by atoms with Crippen molar-refractivity contribution in [1.29, 1.82) is 0 Å². The first-order valence-electron chi connectivity index (χ1n) is 4.63. The molecule has 0 spiro atoms. The largest absolute Gasteiger partial charge is 0.240 e. The molecule has 1 saturated heterocycles. The summed E-state index contributed by atoms with van der Waals surface area (Å²) in [5.74, 6) is 0. The average Bonchev–Trinajstić information content (AvgIpc) is 2.38. The Kier molecular flexibility index (Phi) is 3.83. The van der Waals surface area contributed by atoms with Crippen LogP contribution in [0.2, 0.25) is 0 Å². The summed E-state index contributed by atoms with van der Waals surface area (Å²) in [7, 11) is 0. The summed E-state index contributed by atoms with van der Waals surface area (Å²) in [5, 5.41) is 2.25. The molecule has 0 amide bonds. The number of nitrogens with zero attached hydrogens (tertiary/aromatic N) is 1. The summed E-state index contributed by atoms with van der Waals surface area (Å²) < 4.78 is 0. The lowest BCUT2D eigenvalue weighted by Gasteiger charge is -2.11. The smallest absolute Gasteiger partial charge is 0.0367 e. The van der Waals surface area contributed by atoms with Crippen LogP contribution in [0.5, 0.6) is 0 Å². The van der Waals surface area contributed by atoms with Gasteiger partial charge in [-0.2, -0.15) is 5.53 Å². The molecule has 0 radical (unpaired) electrons. The SMILES string of the molecule is CCC[C@@H]1CN(CCC)NN1. The van der Waals surface area contributed by atoms with Crippen LogP contribution in [0.15, 0.2) is 0 Å². The van der Waals surface area contributed by atoms with Crippen molar-refractivity contribution in [2.45, 2.75) is 39.2 Å². The Bertz CT molecular complexity index is 93.5. The first-order valence-corrected chi connectivity index (χ1v) is 4.63. The van der Waals surface area contributed by atoms with Crippen molar-refractivity contribution in [3.05, 3.63) is 0 Å². The second-order valence-electron chi connectivity index (χ2n) is 3.19. The van der Waals surface area contributed by atoms with Gasteiger partial charge in [-0.3, -0.25) is 0 Å². The molecule has 0 unspecified atom stereocenters. The van der Waals surface area contributed by atoms with E-state index in [0.717, 1.165) is 13.1 Å². The van der Waals surface area contributed by atoms with Gasteiger partial charge in [0.05, 0.1) is 0 Å². The van der Waals surface area contributed by atoms with E-state index in [1.54, 1.807) is 0 Å². The highest BCUT2D eigenvalue weighted by atomic mass is 15.7. The number of hydrogen-bond donors (Lipinski definition) is 2. The maximum absolute atomic E-state index is 3.27. The van der Waals surface area contributed by atoms with Crippen molar-refractivity contribution < 1.29 is 0 Å². The van der Waals surface area contributed by atoms with Gasteiger partial charge in [0.15, 0.2) is 0 Å². The Hall–Kier alpha value is -0.120. The van der Waals surface area contributed by atoms with E-state index < -0.39 is 0 Å². The number of nitrogens with one attached hydrogen (secondary N) is 2. The summed E-state index contributed by atoms with van der Waals surface area (Å²) in [4.78, 5) is 0. The van der Waals surface area contributed by atoms with E-state index in [1.807, 2.05) is 0 Å². The van der Waals surface area contributed by atoms with E-state index in [0.29, 0.717) is 6.04 Å². The zero-order chi connectivity index (χ0) is 8.10. The predicted molar refractivity (Wildman–Crippen MR) is 46.8 cm³/mol. The van der Waals surface area contributed by atoms with E-state index in [1.165, 1.54) is 19.3 Å². The molecule has 1 heterocycles. The normalized spacial score (nSPS) is 26.2. The molecule has 1 aliphatic heterocycles. The molecule has 3 nitrogen and oxygen atoms in total. The van der Waals surface area contributed by atoms with Crippen molar-refractivity contribution in [2.75, 3.05) is 13.1 Å². The van der Waals surface area contributed by atoms with Gasteiger partial charge < -0.3 is 0 Å². The van der Waals surface area contributed by atoms with Crippen LogP contribution < -0.4 is 11.0 Å². The van der Waals surface area contributed by atoms with E-state index in [9.17, 15) is 0 Å². The zero-order valence-corrected chi connectivity index (χ0v) is 7.56. The van der Waals surface area contributed by atoms with Crippen LogP contribution in [0.25, 0.3) is 0 Å². The van der Waals surface area contributed by atoms with Crippen LogP contribution in [-0.2, 0) is 0 Å². The van der Waals surface area contributed by atoms with Crippen molar-refractivity contribution in [1.82, 2.24) is 16.0 Å². The summed E-state index contributed by atoms with van der Waals surface area (Å²) >= 11 is 0. The molecule has 0 aliphatic carbocycles. The molecule has 0 aromatic carbocycles. The zero-order valence-electron chi connectivity index (χ0n) is 7.56. The highest BCUT2D eigenvalue weighted by Gasteiger charge is 2.18. The predicted octanol–water partition coefficient (Wildman–Crippen LogP) is 0.890. The van der Waals surface area contributed by atoms with Crippen LogP contribution in [0.4, 0.5) is 0 Å². The van der Waals surface area contributed by atoms with Gasteiger partial charge in [0.2, 0.25) is 0 Å². The lowest BCUT2D eigenvalue weighted by Crippen LogP contribution is -2.37. The highest BCUT2D eigenvalue weighted by molar-refractivity contribution is 4.72. The van der Waals surface area contributed by atoms with Crippen molar-refractivity contribution in [3.63, 3.8) is 0 Å². The number of rotatable bonds is 4. The summed E-state index contributed by atoms with van der Waals surface area (Å²) in [6.07, 6.45) is 3.75. The molecule has 3 heteroatoms. The van der Waals surface area contributed by atoms with E-state index in [2.05, 4.69) is 29.8 Å². The van der Waals surface area contributed by atoms with Crippen LogP contribution >= 0.6 is 0 Å². The molecule has 2 N–H and O–H groups in total. The third-order valence-corrected chi connectivity index (χ3v) is 2.00. The third-order valence-electron chi connectivity index (χ3n) is 2.00. The molecule has 1 fully saturated rings. The van der Waals surface area contributed by atoms with E-state index >= 15 is 0 Å². The van der Waals surface area contributed by atoms with Crippen LogP contribution in [0, 0.1) is 0 Å². The van der Waals surface area contributed by atoms with Gasteiger partial charge >= 0.3 is 0 Å². The van der Waals surface area contributed by atoms with Crippen LogP contribution in [-0.4, -0.2) is 24.1 Å². The van der Waals surface area contributed by atoms with Crippen molar-refractivity contribution in [3.8, 4) is 0 Å². The lowest BCUT2D eigenvalue weighted by molar-refractivity contribution is 0.233. The quantitative estimate of drug-likeness (QED) is 0.634. The van der Waals surface area contributed by atoms with Crippen LogP contribution in [0.1, 0.15) is 33.1 Å². The molecule has 66 valence electrons. The van der Waals surface area contributed by atoms with Crippen molar-refractivity contribution in [2.24, 2.45) is 0 Å². The standard InChI is InChI=1S/C8H19N3/c1-3-5-8-7-11(6-4-2)10-9-8/h8-10H,3-7H2,1-2H3/t8-/m1/s1. The summed E-state index contributed by atoms with van der Waals surface area (Å²) in [6, 6.07) is 0.659.